The fraction of sp³-hybridized carbons (Fsp3) is 0.455. The monoisotopic (exact) mass is 574 g/mol. The van der Waals surface area contributed by atoms with Crippen LogP contribution in [-0.4, -0.2) is 48.9 Å². The molecular formula is C33H38N2O7. The lowest BCUT2D eigenvalue weighted by atomic mass is 9.96. The first-order valence-corrected chi connectivity index (χ1v) is 14.9. The van der Waals surface area contributed by atoms with Gasteiger partial charge in [-0.3, -0.25) is 4.79 Å². The normalized spacial score (nSPS) is 12.6. The first-order valence-electron chi connectivity index (χ1n) is 14.9. The quantitative estimate of drug-likeness (QED) is 0.0631. The molecule has 0 fully saturated rings. The maximum absolute atomic E-state index is 13.9. The number of carbonyl (C=O) groups excluding carboxylic acids is 3. The number of carbonyl (C=O) groups is 3. The molecule has 0 atom stereocenters. The second-order valence-electron chi connectivity index (χ2n) is 10.5. The minimum atomic E-state index is -1.27. The van der Waals surface area contributed by atoms with Crippen LogP contribution in [0.4, 0.5) is 0 Å². The maximum atomic E-state index is 13.9. The molecule has 0 radical (unpaired) electrons. The van der Waals surface area contributed by atoms with Crippen molar-refractivity contribution < 1.29 is 33.0 Å². The van der Waals surface area contributed by atoms with Crippen LogP contribution in [0.5, 0.6) is 17.2 Å². The second-order valence-corrected chi connectivity index (χ2v) is 10.5. The standard InChI is InChI=1S/C33H38N2O7/c1-4-7-11-25-28(29-27(40-25)20-26-24(21-34)31(29)42-33(38)32(37)41-26)30(36)22-12-14-23(15-13-22)39-19-10-18-35(16-8-5-2)17-9-6-3/h12-15,20H,4-11,16-19H2,1-3H3. The highest BCUT2D eigenvalue weighted by Gasteiger charge is 2.35. The van der Waals surface area contributed by atoms with Crippen molar-refractivity contribution in [2.24, 2.45) is 0 Å². The summed E-state index contributed by atoms with van der Waals surface area (Å²) in [7, 11) is 0. The molecule has 0 amide bonds. The van der Waals surface area contributed by atoms with Crippen LogP contribution in [0.25, 0.3) is 11.0 Å². The SMILES string of the molecule is CCCCc1oc2cc3c(C#N)c(c2c1C(=O)c1ccc(OCCCN(CCCC)CCCC)cc1)OC(=O)C(=O)O3. The number of ketones is 1. The molecule has 0 saturated carbocycles. The van der Waals surface area contributed by atoms with E-state index in [1.54, 1.807) is 24.3 Å². The number of esters is 2. The fourth-order valence-corrected chi connectivity index (χ4v) is 4.99. The van der Waals surface area contributed by atoms with Gasteiger partial charge in [0.1, 0.15) is 28.7 Å². The molecule has 42 heavy (non-hydrogen) atoms. The largest absolute Gasteiger partial charge is 0.494 e. The third-order valence-electron chi connectivity index (χ3n) is 7.29. The van der Waals surface area contributed by atoms with Crippen molar-refractivity contribution in [1.82, 2.24) is 4.90 Å². The van der Waals surface area contributed by atoms with E-state index in [9.17, 15) is 19.6 Å². The van der Waals surface area contributed by atoms with Crippen LogP contribution in [-0.2, 0) is 16.0 Å². The Labute approximate surface area is 246 Å². The van der Waals surface area contributed by atoms with Crippen LogP contribution >= 0.6 is 0 Å². The van der Waals surface area contributed by atoms with Crippen molar-refractivity contribution in [1.29, 1.82) is 5.26 Å². The van der Waals surface area contributed by atoms with Gasteiger partial charge in [0.05, 0.1) is 17.6 Å². The van der Waals surface area contributed by atoms with E-state index in [0.29, 0.717) is 30.1 Å². The van der Waals surface area contributed by atoms with Gasteiger partial charge >= 0.3 is 11.9 Å². The first kappa shape index (κ1) is 30.8. The number of rotatable bonds is 16. The molecule has 2 bridgehead atoms. The fourth-order valence-electron chi connectivity index (χ4n) is 4.99. The molecule has 9 heteroatoms. The molecule has 1 aliphatic rings. The Morgan fingerprint density at radius 1 is 0.905 bits per heavy atom. The highest BCUT2D eigenvalue weighted by Crippen LogP contribution is 2.43. The van der Waals surface area contributed by atoms with Crippen molar-refractivity contribution >= 4 is 28.7 Å². The molecule has 1 aliphatic heterocycles. The number of nitrogens with zero attached hydrogens (tertiary/aromatic N) is 2. The highest BCUT2D eigenvalue weighted by molar-refractivity contribution is 6.32. The average Bonchev–Trinajstić information content (AvgIpc) is 3.33. The van der Waals surface area contributed by atoms with E-state index in [0.717, 1.165) is 38.9 Å². The van der Waals surface area contributed by atoms with E-state index in [-0.39, 0.29) is 39.4 Å². The number of fused-ring (bicyclic) bond motifs is 4. The van der Waals surface area contributed by atoms with E-state index in [1.807, 2.05) is 13.0 Å². The van der Waals surface area contributed by atoms with Crippen molar-refractivity contribution in [3.05, 3.63) is 52.8 Å². The first-order chi connectivity index (χ1) is 20.4. The van der Waals surface area contributed by atoms with E-state index >= 15 is 0 Å². The molecular weight excluding hydrogens is 536 g/mol. The van der Waals surface area contributed by atoms with Gasteiger partial charge < -0.3 is 23.5 Å². The van der Waals surface area contributed by atoms with Gasteiger partial charge in [-0.2, -0.15) is 5.26 Å². The van der Waals surface area contributed by atoms with E-state index < -0.39 is 11.9 Å². The molecule has 0 spiro atoms. The molecule has 222 valence electrons. The predicted octanol–water partition coefficient (Wildman–Crippen LogP) is 6.37. The van der Waals surface area contributed by atoms with Crippen LogP contribution in [0.3, 0.4) is 0 Å². The number of benzene rings is 2. The number of furan rings is 1. The second kappa shape index (κ2) is 14.6. The molecule has 0 aliphatic carbocycles. The van der Waals surface area contributed by atoms with Crippen LogP contribution in [0.1, 0.15) is 93.0 Å². The highest BCUT2D eigenvalue weighted by atomic mass is 16.6. The zero-order chi connectivity index (χ0) is 30.1. The summed E-state index contributed by atoms with van der Waals surface area (Å²) < 4.78 is 22.3. The molecule has 2 heterocycles. The lowest BCUT2D eigenvalue weighted by molar-refractivity contribution is -0.155. The van der Waals surface area contributed by atoms with Crippen molar-refractivity contribution in [3.8, 4) is 23.3 Å². The van der Waals surface area contributed by atoms with Crippen molar-refractivity contribution in [3.63, 3.8) is 0 Å². The number of hydrogen-bond donors (Lipinski definition) is 0. The average molecular weight is 575 g/mol. The van der Waals surface area contributed by atoms with Crippen LogP contribution in [0, 0.1) is 11.3 Å². The minimum absolute atomic E-state index is 0.147. The summed E-state index contributed by atoms with van der Waals surface area (Å²) in [6, 6.07) is 10.2. The Bertz CT molecular complexity index is 1460. The van der Waals surface area contributed by atoms with Crippen LogP contribution in [0.2, 0.25) is 0 Å². The van der Waals surface area contributed by atoms with E-state index in [4.69, 9.17) is 18.6 Å². The molecule has 1 aromatic heterocycles. The number of nitriles is 1. The third kappa shape index (κ3) is 7.00. The Hall–Kier alpha value is -4.16. The van der Waals surface area contributed by atoms with Gasteiger partial charge in [0.15, 0.2) is 17.3 Å². The Morgan fingerprint density at radius 2 is 1.55 bits per heavy atom. The topological polar surface area (TPSA) is 119 Å². The van der Waals surface area contributed by atoms with Gasteiger partial charge in [-0.1, -0.05) is 40.0 Å². The van der Waals surface area contributed by atoms with Gasteiger partial charge in [-0.15, -0.1) is 0 Å². The minimum Gasteiger partial charge on any atom is -0.494 e. The summed E-state index contributed by atoms with van der Waals surface area (Å²) in [5.41, 5.74) is 0.634. The molecule has 2 aromatic carbocycles. The molecule has 4 rings (SSSR count). The molecule has 3 aromatic rings. The number of aryl methyl sites for hydroxylation is 1. The van der Waals surface area contributed by atoms with Crippen LogP contribution < -0.4 is 14.2 Å². The Kier molecular flexibility index (Phi) is 10.7. The number of hydrogen-bond acceptors (Lipinski definition) is 9. The molecule has 0 saturated heterocycles. The Balaban J connectivity index is 1.55. The van der Waals surface area contributed by atoms with Crippen molar-refractivity contribution in [2.75, 3.05) is 26.2 Å². The van der Waals surface area contributed by atoms with Gasteiger partial charge in [0.2, 0.25) is 0 Å². The zero-order valence-corrected chi connectivity index (χ0v) is 24.6. The third-order valence-corrected chi connectivity index (χ3v) is 7.29. The molecule has 0 unspecified atom stereocenters. The van der Waals surface area contributed by atoms with Gasteiger partial charge in [0.25, 0.3) is 0 Å². The molecule has 9 nitrogen and oxygen atoms in total. The lowest BCUT2D eigenvalue weighted by Gasteiger charge is -2.21. The summed E-state index contributed by atoms with van der Waals surface area (Å²) >= 11 is 0. The lowest BCUT2D eigenvalue weighted by Crippen LogP contribution is -2.28. The zero-order valence-electron chi connectivity index (χ0n) is 24.6. The van der Waals surface area contributed by atoms with Crippen LogP contribution in [0.15, 0.2) is 34.7 Å². The summed E-state index contributed by atoms with van der Waals surface area (Å²) in [5, 5.41) is 9.95. The van der Waals surface area contributed by atoms with Crippen molar-refractivity contribution in [2.45, 2.75) is 72.1 Å². The maximum Gasteiger partial charge on any atom is 0.423 e. The van der Waals surface area contributed by atoms with Gasteiger partial charge in [-0.25, -0.2) is 9.59 Å². The smallest absolute Gasteiger partial charge is 0.423 e. The summed E-state index contributed by atoms with van der Waals surface area (Å²) in [6.45, 7) is 10.2. The Morgan fingerprint density at radius 3 is 2.19 bits per heavy atom. The summed E-state index contributed by atoms with van der Waals surface area (Å²) in [4.78, 5) is 40.6. The summed E-state index contributed by atoms with van der Waals surface area (Å²) in [6.07, 6.45) is 7.74. The number of ether oxygens (including phenoxy) is 3. The van der Waals surface area contributed by atoms with E-state index in [1.165, 1.54) is 31.7 Å². The van der Waals surface area contributed by atoms with Gasteiger partial charge in [0, 0.05) is 24.6 Å². The van der Waals surface area contributed by atoms with E-state index in [2.05, 4.69) is 18.7 Å². The molecule has 0 N–H and O–H groups in total. The predicted molar refractivity (Wildman–Crippen MR) is 157 cm³/mol. The van der Waals surface area contributed by atoms with Gasteiger partial charge in [-0.05, 0) is 63.0 Å². The summed E-state index contributed by atoms with van der Waals surface area (Å²) in [5.74, 6) is -2.15. The number of unbranched alkanes of at least 4 members (excludes halogenated alkanes) is 3.